The lowest BCUT2D eigenvalue weighted by Gasteiger charge is -2.37. The Balaban J connectivity index is 2.02. The fourth-order valence-corrected chi connectivity index (χ4v) is 2.13. The van der Waals surface area contributed by atoms with E-state index in [1.165, 1.54) is 19.3 Å². The van der Waals surface area contributed by atoms with Crippen molar-refractivity contribution in [3.8, 4) is 0 Å². The van der Waals surface area contributed by atoms with Crippen molar-refractivity contribution in [1.29, 1.82) is 0 Å². The minimum absolute atomic E-state index is 0.160. The summed E-state index contributed by atoms with van der Waals surface area (Å²) in [5.41, 5.74) is 11.1. The molecule has 1 saturated carbocycles. The summed E-state index contributed by atoms with van der Waals surface area (Å²) in [6.07, 6.45) is 4.41. The van der Waals surface area contributed by atoms with Gasteiger partial charge in [-0.2, -0.15) is 15.0 Å². The van der Waals surface area contributed by atoms with E-state index >= 15 is 0 Å². The quantitative estimate of drug-likeness (QED) is 0.640. The molecule has 0 aromatic carbocycles. The summed E-state index contributed by atoms with van der Waals surface area (Å²) in [5, 5.41) is 8.93. The van der Waals surface area contributed by atoms with Crippen molar-refractivity contribution in [3.05, 3.63) is 5.82 Å². The molecule has 1 aromatic heterocycles. The van der Waals surface area contributed by atoms with Crippen molar-refractivity contribution in [3.63, 3.8) is 0 Å². The fraction of sp³-hybridized carbons (Fsp3) is 0.727. The molecule has 0 atom stereocenters. The Kier molecular flexibility index (Phi) is 4.27. The van der Waals surface area contributed by atoms with Gasteiger partial charge >= 0.3 is 0 Å². The number of hydrogen-bond acceptors (Lipinski definition) is 7. The first-order chi connectivity index (χ1) is 8.69. The van der Waals surface area contributed by atoms with Gasteiger partial charge in [-0.15, -0.1) is 0 Å². The summed E-state index contributed by atoms with van der Waals surface area (Å²) in [5.74, 6) is 0.922. The van der Waals surface area contributed by atoms with Crippen LogP contribution in [-0.4, -0.2) is 44.2 Å². The third-order valence-electron chi connectivity index (χ3n) is 3.26. The third kappa shape index (κ3) is 3.27. The molecule has 100 valence electrons. The average molecular weight is 252 g/mol. The zero-order valence-corrected chi connectivity index (χ0v) is 10.4. The van der Waals surface area contributed by atoms with Crippen LogP contribution in [0.5, 0.6) is 0 Å². The van der Waals surface area contributed by atoms with Gasteiger partial charge in [-0.25, -0.2) is 0 Å². The van der Waals surface area contributed by atoms with Gasteiger partial charge in [0.05, 0.1) is 6.54 Å². The predicted octanol–water partition coefficient (Wildman–Crippen LogP) is -0.227. The fourth-order valence-electron chi connectivity index (χ4n) is 2.13. The monoisotopic (exact) mass is 252 g/mol. The number of nitrogens with zero attached hydrogens (tertiary/aromatic N) is 4. The lowest BCUT2D eigenvalue weighted by molar-refractivity contribution is 0.106. The number of nitrogen functional groups attached to an aromatic ring is 2. The van der Waals surface area contributed by atoms with Crippen LogP contribution in [-0.2, 0) is 6.54 Å². The molecule has 0 unspecified atom stereocenters. The van der Waals surface area contributed by atoms with E-state index in [1.54, 1.807) is 0 Å². The Morgan fingerprint density at radius 2 is 1.83 bits per heavy atom. The number of hydrogen-bond donors (Lipinski definition) is 3. The lowest BCUT2D eigenvalue weighted by Crippen LogP contribution is -2.41. The van der Waals surface area contributed by atoms with Gasteiger partial charge in [0, 0.05) is 19.2 Å². The molecular weight excluding hydrogens is 232 g/mol. The van der Waals surface area contributed by atoms with E-state index in [4.69, 9.17) is 16.6 Å². The van der Waals surface area contributed by atoms with Crippen LogP contribution in [0.2, 0.25) is 0 Å². The molecule has 7 nitrogen and oxygen atoms in total. The second-order valence-corrected chi connectivity index (χ2v) is 4.60. The summed E-state index contributed by atoms with van der Waals surface area (Å²) in [6.45, 7) is 1.65. The van der Waals surface area contributed by atoms with Gasteiger partial charge in [-0.05, 0) is 19.3 Å². The zero-order valence-electron chi connectivity index (χ0n) is 10.4. The highest BCUT2D eigenvalue weighted by molar-refractivity contribution is 5.25. The van der Waals surface area contributed by atoms with E-state index in [-0.39, 0.29) is 18.5 Å². The molecule has 5 N–H and O–H groups in total. The average Bonchev–Trinajstić information content (AvgIpc) is 2.21. The van der Waals surface area contributed by atoms with Gasteiger partial charge in [0.15, 0.2) is 0 Å². The maximum absolute atomic E-state index is 8.93. The van der Waals surface area contributed by atoms with E-state index in [2.05, 4.69) is 19.9 Å². The van der Waals surface area contributed by atoms with Crippen molar-refractivity contribution >= 4 is 11.9 Å². The van der Waals surface area contributed by atoms with Crippen LogP contribution in [0.1, 0.15) is 31.5 Å². The second kappa shape index (κ2) is 5.92. The molecule has 1 aliphatic carbocycles. The Bertz CT molecular complexity index is 375. The standard InChI is InChI=1S/C11H20N6O/c12-10-14-9(15-11(13)16-10)7-17(5-2-6-18)8-3-1-4-8/h8,18H,1-7H2,(H4,12,13,14,15,16). The number of aliphatic hydroxyl groups is 1. The molecule has 1 aliphatic rings. The van der Waals surface area contributed by atoms with Crippen molar-refractivity contribution in [2.24, 2.45) is 0 Å². The van der Waals surface area contributed by atoms with E-state index in [0.717, 1.165) is 13.0 Å². The lowest BCUT2D eigenvalue weighted by atomic mass is 9.91. The van der Waals surface area contributed by atoms with Crippen LogP contribution in [0.15, 0.2) is 0 Å². The molecule has 0 radical (unpaired) electrons. The first-order valence-electron chi connectivity index (χ1n) is 6.30. The minimum Gasteiger partial charge on any atom is -0.396 e. The molecule has 0 amide bonds. The smallest absolute Gasteiger partial charge is 0.225 e. The molecule has 2 rings (SSSR count). The Morgan fingerprint density at radius 1 is 1.17 bits per heavy atom. The van der Waals surface area contributed by atoms with Gasteiger partial charge in [0.2, 0.25) is 11.9 Å². The highest BCUT2D eigenvalue weighted by Gasteiger charge is 2.25. The van der Waals surface area contributed by atoms with E-state index in [0.29, 0.717) is 18.4 Å². The summed E-state index contributed by atoms with van der Waals surface area (Å²) in [4.78, 5) is 14.2. The summed E-state index contributed by atoms with van der Waals surface area (Å²) >= 11 is 0. The van der Waals surface area contributed by atoms with Gasteiger partial charge in [-0.3, -0.25) is 4.90 Å². The van der Waals surface area contributed by atoms with Crippen LogP contribution in [0.25, 0.3) is 0 Å². The normalized spacial score (nSPS) is 15.9. The zero-order chi connectivity index (χ0) is 13.0. The first kappa shape index (κ1) is 13.0. The summed E-state index contributed by atoms with van der Waals surface area (Å²) < 4.78 is 0. The third-order valence-corrected chi connectivity index (χ3v) is 3.26. The Morgan fingerprint density at radius 3 is 2.33 bits per heavy atom. The molecule has 1 aromatic rings. The molecule has 1 fully saturated rings. The molecule has 0 spiro atoms. The molecule has 0 saturated heterocycles. The van der Waals surface area contributed by atoms with Gasteiger partial charge in [-0.1, -0.05) is 6.42 Å². The number of rotatable bonds is 6. The number of anilines is 2. The number of aromatic nitrogens is 3. The molecular formula is C11H20N6O. The highest BCUT2D eigenvalue weighted by Crippen LogP contribution is 2.25. The summed E-state index contributed by atoms with van der Waals surface area (Å²) in [7, 11) is 0. The molecule has 0 bridgehead atoms. The molecule has 0 aliphatic heterocycles. The van der Waals surface area contributed by atoms with Gasteiger partial charge in [0.25, 0.3) is 0 Å². The van der Waals surface area contributed by atoms with Crippen molar-refractivity contribution in [1.82, 2.24) is 19.9 Å². The van der Waals surface area contributed by atoms with Crippen LogP contribution >= 0.6 is 0 Å². The van der Waals surface area contributed by atoms with E-state index < -0.39 is 0 Å². The van der Waals surface area contributed by atoms with Crippen LogP contribution in [0.4, 0.5) is 11.9 Å². The van der Waals surface area contributed by atoms with Crippen LogP contribution in [0.3, 0.4) is 0 Å². The molecule has 7 heteroatoms. The van der Waals surface area contributed by atoms with E-state index in [1.807, 2.05) is 0 Å². The Labute approximate surface area is 106 Å². The van der Waals surface area contributed by atoms with Gasteiger partial charge in [0.1, 0.15) is 5.82 Å². The van der Waals surface area contributed by atoms with Crippen molar-refractivity contribution < 1.29 is 5.11 Å². The number of aliphatic hydroxyl groups excluding tert-OH is 1. The highest BCUT2D eigenvalue weighted by atomic mass is 16.3. The largest absolute Gasteiger partial charge is 0.396 e. The van der Waals surface area contributed by atoms with E-state index in [9.17, 15) is 0 Å². The number of nitrogens with two attached hydrogens (primary N) is 2. The molecule has 18 heavy (non-hydrogen) atoms. The maximum Gasteiger partial charge on any atom is 0.225 e. The maximum atomic E-state index is 8.93. The first-order valence-corrected chi connectivity index (χ1v) is 6.30. The van der Waals surface area contributed by atoms with Gasteiger partial charge < -0.3 is 16.6 Å². The van der Waals surface area contributed by atoms with Crippen LogP contribution < -0.4 is 11.5 Å². The predicted molar refractivity (Wildman–Crippen MR) is 68.4 cm³/mol. The van der Waals surface area contributed by atoms with Crippen LogP contribution in [0, 0.1) is 0 Å². The summed E-state index contributed by atoms with van der Waals surface area (Å²) in [6, 6.07) is 0.566. The molecule has 1 heterocycles. The second-order valence-electron chi connectivity index (χ2n) is 4.60. The minimum atomic E-state index is 0.160. The SMILES string of the molecule is Nc1nc(N)nc(CN(CCCO)C2CCC2)n1. The topological polar surface area (TPSA) is 114 Å². The van der Waals surface area contributed by atoms with Crippen molar-refractivity contribution in [2.75, 3.05) is 24.6 Å². The Hall–Kier alpha value is -1.47. The van der Waals surface area contributed by atoms with Crippen molar-refractivity contribution in [2.45, 2.75) is 38.3 Å².